The Labute approximate surface area is 181 Å². The number of aryl methyl sites for hydroxylation is 1. The molecule has 2 amide bonds. The van der Waals surface area contributed by atoms with E-state index in [1.54, 1.807) is 11.1 Å². The number of halogens is 1. The van der Waals surface area contributed by atoms with Gasteiger partial charge in [0.1, 0.15) is 0 Å². The van der Waals surface area contributed by atoms with Gasteiger partial charge in [-0.15, -0.1) is 0 Å². The first kappa shape index (κ1) is 21.2. The van der Waals surface area contributed by atoms with Crippen LogP contribution in [0.4, 0.5) is 4.39 Å². The molecule has 2 aliphatic rings. The first-order valence-corrected chi connectivity index (χ1v) is 10.7. The number of rotatable bonds is 6. The van der Waals surface area contributed by atoms with Crippen LogP contribution in [0.5, 0.6) is 5.88 Å². The van der Waals surface area contributed by atoms with Crippen LogP contribution in [0.15, 0.2) is 36.8 Å². The molecule has 0 spiro atoms. The zero-order valence-electron chi connectivity index (χ0n) is 17.7. The summed E-state index contributed by atoms with van der Waals surface area (Å²) in [6, 6.07) is 5.22. The number of hydrogen-bond acceptors (Lipinski definition) is 5. The van der Waals surface area contributed by atoms with Crippen molar-refractivity contribution in [1.82, 2.24) is 19.8 Å². The van der Waals surface area contributed by atoms with E-state index in [0.29, 0.717) is 51.0 Å². The molecule has 8 heteroatoms. The maximum Gasteiger partial charge on any atom is 0.256 e. The summed E-state index contributed by atoms with van der Waals surface area (Å²) < 4.78 is 19.6. The van der Waals surface area contributed by atoms with Crippen molar-refractivity contribution in [3.05, 3.63) is 53.7 Å². The van der Waals surface area contributed by atoms with Crippen molar-refractivity contribution in [3.63, 3.8) is 0 Å². The first-order chi connectivity index (χ1) is 15.0. The van der Waals surface area contributed by atoms with Crippen LogP contribution in [0.25, 0.3) is 0 Å². The molecule has 0 aromatic carbocycles. The number of likely N-dealkylation sites (tertiary alicyclic amines) is 2. The lowest BCUT2D eigenvalue weighted by atomic mass is 9.95. The van der Waals surface area contributed by atoms with Crippen molar-refractivity contribution < 1.29 is 18.7 Å². The van der Waals surface area contributed by atoms with Crippen LogP contribution < -0.4 is 4.74 Å². The Morgan fingerprint density at radius 1 is 1.23 bits per heavy atom. The van der Waals surface area contributed by atoms with Gasteiger partial charge in [0, 0.05) is 57.0 Å². The average molecular weight is 426 g/mol. The number of carbonyl (C=O) groups is 2. The normalized spacial score (nSPS) is 19.7. The monoisotopic (exact) mass is 426 g/mol. The molecule has 2 fully saturated rings. The second kappa shape index (κ2) is 9.41. The standard InChI is InChI=1S/C23H27FN4O3/c1-16-2-7-26-21(10-16)31-15-18-11-22(29)28(14-18)13-17-4-8-27(9-5-17)23(30)19-3-6-25-12-20(19)24/h2-3,6-7,10,12,17-18H,4-5,8-9,11,13-15H2,1H3. The van der Waals surface area contributed by atoms with Crippen molar-refractivity contribution in [2.75, 3.05) is 32.8 Å². The van der Waals surface area contributed by atoms with E-state index < -0.39 is 5.82 Å². The molecule has 4 rings (SSSR count). The molecule has 4 heterocycles. The minimum absolute atomic E-state index is 0.0640. The minimum atomic E-state index is -0.591. The average Bonchev–Trinajstić information content (AvgIpc) is 3.12. The molecule has 0 aliphatic carbocycles. The smallest absolute Gasteiger partial charge is 0.256 e. The molecule has 0 saturated carbocycles. The Balaban J connectivity index is 1.23. The van der Waals surface area contributed by atoms with Crippen molar-refractivity contribution in [2.45, 2.75) is 26.2 Å². The third-order valence-electron chi connectivity index (χ3n) is 6.04. The van der Waals surface area contributed by atoms with E-state index in [1.165, 1.54) is 12.3 Å². The molecule has 2 saturated heterocycles. The van der Waals surface area contributed by atoms with E-state index in [4.69, 9.17) is 4.74 Å². The van der Waals surface area contributed by atoms with Crippen LogP contribution in [0.2, 0.25) is 0 Å². The molecule has 7 nitrogen and oxygen atoms in total. The third kappa shape index (κ3) is 5.18. The Morgan fingerprint density at radius 2 is 2.03 bits per heavy atom. The summed E-state index contributed by atoms with van der Waals surface area (Å²) in [6.45, 7) is 4.98. The minimum Gasteiger partial charge on any atom is -0.477 e. The number of aromatic nitrogens is 2. The quantitative estimate of drug-likeness (QED) is 0.710. The van der Waals surface area contributed by atoms with Crippen LogP contribution in [0, 0.1) is 24.6 Å². The van der Waals surface area contributed by atoms with E-state index >= 15 is 0 Å². The molecular formula is C23H27FN4O3. The predicted molar refractivity (Wildman–Crippen MR) is 112 cm³/mol. The van der Waals surface area contributed by atoms with Gasteiger partial charge in [-0.05, 0) is 43.4 Å². The molecule has 2 aromatic rings. The summed E-state index contributed by atoms with van der Waals surface area (Å²) in [6.07, 6.45) is 6.31. The Bertz CT molecular complexity index is 946. The lowest BCUT2D eigenvalue weighted by molar-refractivity contribution is -0.128. The van der Waals surface area contributed by atoms with Gasteiger partial charge in [-0.2, -0.15) is 0 Å². The van der Waals surface area contributed by atoms with Crippen LogP contribution in [-0.2, 0) is 4.79 Å². The Hall–Kier alpha value is -3.03. The fraction of sp³-hybridized carbons (Fsp3) is 0.478. The van der Waals surface area contributed by atoms with Gasteiger partial charge in [-0.1, -0.05) is 0 Å². The number of nitrogens with zero attached hydrogens (tertiary/aromatic N) is 4. The number of piperidine rings is 1. The molecule has 1 unspecified atom stereocenters. The summed E-state index contributed by atoms with van der Waals surface area (Å²) in [7, 11) is 0. The SMILES string of the molecule is Cc1ccnc(OCC2CC(=O)N(CC3CCN(C(=O)c4ccncc4F)CC3)C2)c1. The first-order valence-electron chi connectivity index (χ1n) is 10.7. The number of amides is 2. The van der Waals surface area contributed by atoms with Gasteiger partial charge < -0.3 is 14.5 Å². The highest BCUT2D eigenvalue weighted by atomic mass is 19.1. The van der Waals surface area contributed by atoms with Gasteiger partial charge in [0.2, 0.25) is 11.8 Å². The van der Waals surface area contributed by atoms with E-state index in [2.05, 4.69) is 9.97 Å². The summed E-state index contributed by atoms with van der Waals surface area (Å²) in [5.74, 6) is 0.361. The summed E-state index contributed by atoms with van der Waals surface area (Å²) >= 11 is 0. The fourth-order valence-electron chi connectivity index (χ4n) is 4.28. The molecule has 2 aliphatic heterocycles. The van der Waals surface area contributed by atoms with Crippen LogP contribution in [0.1, 0.15) is 35.2 Å². The maximum atomic E-state index is 13.8. The van der Waals surface area contributed by atoms with Crippen LogP contribution in [0.3, 0.4) is 0 Å². The van der Waals surface area contributed by atoms with Crippen LogP contribution in [-0.4, -0.2) is 64.4 Å². The summed E-state index contributed by atoms with van der Waals surface area (Å²) in [5, 5.41) is 0. The lowest BCUT2D eigenvalue weighted by Crippen LogP contribution is -2.42. The van der Waals surface area contributed by atoms with E-state index in [9.17, 15) is 14.0 Å². The number of carbonyl (C=O) groups excluding carboxylic acids is 2. The number of hydrogen-bond donors (Lipinski definition) is 0. The molecule has 2 aromatic heterocycles. The van der Waals surface area contributed by atoms with Gasteiger partial charge in [0.05, 0.1) is 18.4 Å². The number of pyridine rings is 2. The molecule has 0 radical (unpaired) electrons. The third-order valence-corrected chi connectivity index (χ3v) is 6.04. The van der Waals surface area contributed by atoms with Crippen molar-refractivity contribution >= 4 is 11.8 Å². The predicted octanol–water partition coefficient (Wildman–Crippen LogP) is 2.70. The highest BCUT2D eigenvalue weighted by molar-refractivity contribution is 5.94. The summed E-state index contributed by atoms with van der Waals surface area (Å²) in [4.78, 5) is 36.5. The highest BCUT2D eigenvalue weighted by Crippen LogP contribution is 2.25. The highest BCUT2D eigenvalue weighted by Gasteiger charge is 2.33. The zero-order chi connectivity index (χ0) is 21.8. The van der Waals surface area contributed by atoms with Crippen molar-refractivity contribution in [2.24, 2.45) is 11.8 Å². The maximum absolute atomic E-state index is 13.8. The van der Waals surface area contributed by atoms with Gasteiger partial charge in [0.15, 0.2) is 5.82 Å². The Kier molecular flexibility index (Phi) is 6.44. The second-order valence-electron chi connectivity index (χ2n) is 8.44. The van der Waals surface area contributed by atoms with Crippen LogP contribution >= 0.6 is 0 Å². The lowest BCUT2D eigenvalue weighted by Gasteiger charge is -2.34. The molecule has 1 atom stereocenters. The van der Waals surface area contributed by atoms with Gasteiger partial charge >= 0.3 is 0 Å². The number of ether oxygens (including phenoxy) is 1. The van der Waals surface area contributed by atoms with E-state index in [1.807, 2.05) is 24.0 Å². The van der Waals surface area contributed by atoms with Gasteiger partial charge in [-0.25, -0.2) is 9.37 Å². The molecule has 164 valence electrons. The second-order valence-corrected chi connectivity index (χ2v) is 8.44. The Morgan fingerprint density at radius 3 is 2.77 bits per heavy atom. The zero-order valence-corrected chi connectivity index (χ0v) is 17.7. The van der Waals surface area contributed by atoms with E-state index in [-0.39, 0.29) is 23.3 Å². The van der Waals surface area contributed by atoms with Gasteiger partial charge in [0.25, 0.3) is 5.91 Å². The van der Waals surface area contributed by atoms with Crippen molar-refractivity contribution in [1.29, 1.82) is 0 Å². The topological polar surface area (TPSA) is 75.6 Å². The molecule has 0 N–H and O–H groups in total. The molecular weight excluding hydrogens is 399 g/mol. The fourth-order valence-corrected chi connectivity index (χ4v) is 4.28. The molecule has 31 heavy (non-hydrogen) atoms. The largest absolute Gasteiger partial charge is 0.477 e. The van der Waals surface area contributed by atoms with Crippen molar-refractivity contribution in [3.8, 4) is 5.88 Å². The van der Waals surface area contributed by atoms with Gasteiger partial charge in [-0.3, -0.25) is 14.6 Å². The van der Waals surface area contributed by atoms with E-state index in [0.717, 1.165) is 24.6 Å². The summed E-state index contributed by atoms with van der Waals surface area (Å²) in [5.41, 5.74) is 1.15. The molecule has 0 bridgehead atoms.